The van der Waals surface area contributed by atoms with Crippen LogP contribution in [-0.2, 0) is 10.8 Å². The zero-order chi connectivity index (χ0) is 40.2. The molecule has 4 heterocycles. The molecule has 4 aromatic heterocycles. The van der Waals surface area contributed by atoms with E-state index in [1.54, 1.807) is 6.07 Å². The van der Waals surface area contributed by atoms with Gasteiger partial charge in [-0.1, -0.05) is 126 Å². The van der Waals surface area contributed by atoms with Crippen LogP contribution in [0.5, 0.6) is 5.75 Å². The molecule has 0 radical (unpaired) electrons. The average molecular weight is 755 g/mol. The number of aromatic hydroxyl groups is 1. The van der Waals surface area contributed by atoms with E-state index in [0.29, 0.717) is 11.3 Å². The molecule has 0 atom stereocenters. The van der Waals surface area contributed by atoms with Crippen molar-refractivity contribution in [3.05, 3.63) is 175 Å². The third kappa shape index (κ3) is 6.83. The standard InChI is InChI=1S/C53H46N4O/c1-52(2,3)39-28-37(29-40(33-39)53(4,5)6)38-31-47(56-48(32-38)45-16-8-10-20-50(45)58)36-14-11-13-35(27-36)46-30-34(21-26-55-46)42-17-12-18-44-43-15-7-9-19-49(43)57(51(42)44)41-22-24-54-25-23-41/h7-33,58H,1-6H3. The van der Waals surface area contributed by atoms with Crippen molar-refractivity contribution >= 4 is 21.8 Å². The lowest BCUT2D eigenvalue weighted by molar-refractivity contribution is 0.477. The Morgan fingerprint density at radius 1 is 0.466 bits per heavy atom. The van der Waals surface area contributed by atoms with Gasteiger partial charge in [-0.25, -0.2) is 4.98 Å². The van der Waals surface area contributed by atoms with Gasteiger partial charge in [-0.15, -0.1) is 0 Å². The maximum atomic E-state index is 11.0. The monoisotopic (exact) mass is 754 g/mol. The summed E-state index contributed by atoms with van der Waals surface area (Å²) < 4.78 is 2.34. The molecule has 0 aliphatic carbocycles. The van der Waals surface area contributed by atoms with Gasteiger partial charge < -0.3 is 9.67 Å². The van der Waals surface area contributed by atoms with E-state index in [-0.39, 0.29) is 16.6 Å². The molecule has 0 spiro atoms. The van der Waals surface area contributed by atoms with Crippen LogP contribution in [0.3, 0.4) is 0 Å². The van der Waals surface area contributed by atoms with Crippen molar-refractivity contribution in [1.82, 2.24) is 19.5 Å². The van der Waals surface area contributed by atoms with Crippen LogP contribution in [0.15, 0.2) is 164 Å². The molecule has 0 aliphatic heterocycles. The van der Waals surface area contributed by atoms with Crippen LogP contribution in [0, 0.1) is 0 Å². The minimum atomic E-state index is -0.0383. The van der Waals surface area contributed by atoms with Crippen molar-refractivity contribution < 1.29 is 5.11 Å². The molecule has 0 unspecified atom stereocenters. The topological polar surface area (TPSA) is 63.8 Å². The lowest BCUT2D eigenvalue weighted by Gasteiger charge is -2.26. The van der Waals surface area contributed by atoms with Gasteiger partial charge in [0.1, 0.15) is 5.75 Å². The van der Waals surface area contributed by atoms with E-state index in [1.807, 2.05) is 36.8 Å². The summed E-state index contributed by atoms with van der Waals surface area (Å²) in [7, 11) is 0. The lowest BCUT2D eigenvalue weighted by atomic mass is 9.79. The molecule has 5 nitrogen and oxygen atoms in total. The van der Waals surface area contributed by atoms with Crippen molar-refractivity contribution in [2.24, 2.45) is 0 Å². The van der Waals surface area contributed by atoms with E-state index >= 15 is 0 Å². The maximum Gasteiger partial charge on any atom is 0.124 e. The molecule has 0 aliphatic rings. The summed E-state index contributed by atoms with van der Waals surface area (Å²) >= 11 is 0. The molecule has 5 heteroatoms. The second-order valence-corrected chi connectivity index (χ2v) is 17.2. The van der Waals surface area contributed by atoms with Crippen LogP contribution >= 0.6 is 0 Å². The summed E-state index contributed by atoms with van der Waals surface area (Å²) in [4.78, 5) is 14.4. The minimum Gasteiger partial charge on any atom is -0.507 e. The van der Waals surface area contributed by atoms with E-state index in [2.05, 4.69) is 172 Å². The summed E-state index contributed by atoms with van der Waals surface area (Å²) in [5, 5.41) is 13.4. The van der Waals surface area contributed by atoms with Crippen molar-refractivity contribution in [3.8, 4) is 67.5 Å². The van der Waals surface area contributed by atoms with E-state index in [4.69, 9.17) is 9.97 Å². The van der Waals surface area contributed by atoms with Crippen LogP contribution < -0.4 is 0 Å². The smallest absolute Gasteiger partial charge is 0.124 e. The Bertz CT molecular complexity index is 2950. The SMILES string of the molecule is CC(C)(C)c1cc(-c2cc(-c3cccc(-c4cc(-c5cccc6c7ccccc7n(-c7ccncc7)c56)ccn4)c3)nc(-c3ccccc3O)c2)cc(C(C)(C)C)c1. The molecule has 58 heavy (non-hydrogen) atoms. The van der Waals surface area contributed by atoms with Gasteiger partial charge in [0.2, 0.25) is 0 Å². The third-order valence-electron chi connectivity index (χ3n) is 11.1. The Morgan fingerprint density at radius 2 is 1.07 bits per heavy atom. The highest BCUT2D eigenvalue weighted by atomic mass is 16.3. The fraction of sp³-hybridized carbons (Fsp3) is 0.151. The van der Waals surface area contributed by atoms with Gasteiger partial charge in [0.05, 0.1) is 28.1 Å². The molecule has 0 bridgehead atoms. The molecule has 5 aromatic carbocycles. The second-order valence-electron chi connectivity index (χ2n) is 17.2. The molecule has 0 amide bonds. The Balaban J connectivity index is 1.19. The molecule has 0 fully saturated rings. The first kappa shape index (κ1) is 36.8. The first-order valence-corrected chi connectivity index (χ1v) is 19.9. The van der Waals surface area contributed by atoms with Gasteiger partial charge in [-0.2, -0.15) is 0 Å². The fourth-order valence-electron chi connectivity index (χ4n) is 7.94. The molecular weight excluding hydrogens is 709 g/mol. The highest BCUT2D eigenvalue weighted by Crippen LogP contribution is 2.41. The van der Waals surface area contributed by atoms with Crippen molar-refractivity contribution in [2.75, 3.05) is 0 Å². The Morgan fingerprint density at radius 3 is 1.81 bits per heavy atom. The van der Waals surface area contributed by atoms with Gasteiger partial charge in [0, 0.05) is 57.3 Å². The van der Waals surface area contributed by atoms with E-state index < -0.39 is 0 Å². The summed E-state index contributed by atoms with van der Waals surface area (Å²) in [5.74, 6) is 0.199. The van der Waals surface area contributed by atoms with Crippen molar-refractivity contribution in [3.63, 3.8) is 0 Å². The Labute approximate surface area is 340 Å². The molecule has 0 saturated carbocycles. The molecule has 9 aromatic rings. The molecule has 1 N–H and O–H groups in total. The van der Waals surface area contributed by atoms with Crippen LogP contribution in [0.4, 0.5) is 0 Å². The maximum absolute atomic E-state index is 11.0. The van der Waals surface area contributed by atoms with Crippen LogP contribution in [0.1, 0.15) is 52.7 Å². The number of benzene rings is 5. The predicted molar refractivity (Wildman–Crippen MR) is 240 cm³/mol. The Hall–Kier alpha value is -6.85. The number of rotatable bonds is 6. The largest absolute Gasteiger partial charge is 0.507 e. The number of hydrogen-bond acceptors (Lipinski definition) is 4. The van der Waals surface area contributed by atoms with Crippen LogP contribution in [0.25, 0.3) is 83.5 Å². The number of aromatic nitrogens is 4. The number of fused-ring (bicyclic) bond motifs is 3. The molecule has 0 saturated heterocycles. The number of hydrogen-bond donors (Lipinski definition) is 1. The highest BCUT2D eigenvalue weighted by molar-refractivity contribution is 6.13. The Kier molecular flexibility index (Phi) is 9.04. The van der Waals surface area contributed by atoms with Gasteiger partial charge in [-0.3, -0.25) is 9.97 Å². The van der Waals surface area contributed by atoms with Crippen molar-refractivity contribution in [1.29, 1.82) is 0 Å². The highest BCUT2D eigenvalue weighted by Gasteiger charge is 2.22. The molecule has 284 valence electrons. The number of para-hydroxylation sites is 3. The van der Waals surface area contributed by atoms with Gasteiger partial charge in [-0.05, 0) is 99.3 Å². The minimum absolute atomic E-state index is 0.0383. The number of phenols is 1. The van der Waals surface area contributed by atoms with E-state index in [9.17, 15) is 5.11 Å². The molecule has 9 rings (SSSR count). The average Bonchev–Trinajstić information content (AvgIpc) is 3.58. The summed E-state index contributed by atoms with van der Waals surface area (Å²) in [6, 6.07) is 50.7. The zero-order valence-electron chi connectivity index (χ0n) is 33.8. The lowest BCUT2D eigenvalue weighted by Crippen LogP contribution is -2.16. The first-order chi connectivity index (χ1) is 27.9. The van der Waals surface area contributed by atoms with Crippen LogP contribution in [-0.4, -0.2) is 24.6 Å². The summed E-state index contributed by atoms with van der Waals surface area (Å²) in [5.41, 5.74) is 15.3. The molecular formula is C53H46N4O. The van der Waals surface area contributed by atoms with Gasteiger partial charge in [0.15, 0.2) is 0 Å². The normalized spacial score (nSPS) is 12.0. The first-order valence-electron chi connectivity index (χ1n) is 19.9. The third-order valence-corrected chi connectivity index (χ3v) is 11.1. The van der Waals surface area contributed by atoms with Crippen molar-refractivity contribution in [2.45, 2.75) is 52.4 Å². The number of pyridine rings is 3. The second kappa shape index (κ2) is 14.3. The quantitative estimate of drug-likeness (QED) is 0.184. The summed E-state index contributed by atoms with van der Waals surface area (Å²) in [6.07, 6.45) is 5.59. The van der Waals surface area contributed by atoms with E-state index in [0.717, 1.165) is 61.5 Å². The number of nitrogens with zero attached hydrogens (tertiary/aromatic N) is 4. The fourth-order valence-corrected chi connectivity index (χ4v) is 7.94. The predicted octanol–water partition coefficient (Wildman–Crippen LogP) is 13.6. The number of phenolic OH excluding ortho intramolecular Hbond substituents is 1. The van der Waals surface area contributed by atoms with E-state index in [1.165, 1.54) is 21.9 Å². The zero-order valence-corrected chi connectivity index (χ0v) is 33.8. The van der Waals surface area contributed by atoms with Gasteiger partial charge >= 0.3 is 0 Å². The van der Waals surface area contributed by atoms with Gasteiger partial charge in [0.25, 0.3) is 0 Å². The summed E-state index contributed by atoms with van der Waals surface area (Å²) in [6.45, 7) is 13.6. The van der Waals surface area contributed by atoms with Crippen LogP contribution in [0.2, 0.25) is 0 Å².